The smallest absolute Gasteiger partial charge is 0.173 e. The maximum atomic E-state index is 4.22. The fourth-order valence-electron chi connectivity index (χ4n) is 1.24. The van der Waals surface area contributed by atoms with Crippen LogP contribution in [0.15, 0.2) is 59.0 Å². The van der Waals surface area contributed by atoms with Crippen LogP contribution in [0.25, 0.3) is 0 Å². The van der Waals surface area contributed by atoms with Gasteiger partial charge < -0.3 is 0 Å². The fourth-order valence-corrected chi connectivity index (χ4v) is 1.24. The average molecular weight is 212 g/mol. The van der Waals surface area contributed by atoms with Crippen LogP contribution in [0.5, 0.6) is 0 Å². The van der Waals surface area contributed by atoms with Gasteiger partial charge >= 0.3 is 0 Å². The highest BCUT2D eigenvalue weighted by Crippen LogP contribution is 2.16. The van der Waals surface area contributed by atoms with E-state index in [0.29, 0.717) is 5.82 Å². The van der Waals surface area contributed by atoms with Crippen LogP contribution in [0.4, 0.5) is 5.82 Å². The molecule has 2 aromatic rings. The summed E-state index contributed by atoms with van der Waals surface area (Å²) in [5.74, 6) is 0.616. The Bertz CT molecular complexity index is 453. The Balaban J connectivity index is 2.08. The Hall–Kier alpha value is -2.10. The molecule has 0 bridgehead atoms. The van der Waals surface area contributed by atoms with Crippen LogP contribution in [-0.4, -0.2) is 9.97 Å². The molecule has 1 unspecified atom stereocenters. The molecule has 2 rings (SSSR count). The highest BCUT2D eigenvalue weighted by Gasteiger charge is 2.03. The molecule has 0 fully saturated rings. The molecule has 0 N–H and O–H groups in total. The van der Waals surface area contributed by atoms with E-state index in [4.69, 9.17) is 0 Å². The van der Waals surface area contributed by atoms with Crippen molar-refractivity contribution in [3.63, 3.8) is 0 Å². The lowest BCUT2D eigenvalue weighted by atomic mass is 10.2. The summed E-state index contributed by atoms with van der Waals surface area (Å²) in [4.78, 5) is 8.28. The molecule has 0 aliphatic heterocycles. The summed E-state index contributed by atoms with van der Waals surface area (Å²) in [7, 11) is 0. The molecule has 0 saturated carbocycles. The number of rotatable bonds is 3. The molecule has 0 amide bonds. The van der Waals surface area contributed by atoms with Crippen molar-refractivity contribution in [2.24, 2.45) is 10.2 Å². The zero-order chi connectivity index (χ0) is 11.2. The van der Waals surface area contributed by atoms with Crippen molar-refractivity contribution in [2.75, 3.05) is 0 Å². The van der Waals surface area contributed by atoms with Gasteiger partial charge in [-0.15, -0.1) is 5.11 Å². The standard InChI is InChI=1S/C12H12N4/c1-10(11-6-2-4-8-13-11)15-16-12-7-3-5-9-14-12/h2-10H,1H3. The third-order valence-electron chi connectivity index (χ3n) is 2.10. The monoisotopic (exact) mass is 212 g/mol. The van der Waals surface area contributed by atoms with Crippen LogP contribution >= 0.6 is 0 Å². The second kappa shape index (κ2) is 5.11. The first-order valence-corrected chi connectivity index (χ1v) is 5.09. The SMILES string of the molecule is CC(N=Nc1ccccn1)c1ccccn1. The number of nitrogens with zero attached hydrogens (tertiary/aromatic N) is 4. The number of aromatic nitrogens is 2. The van der Waals surface area contributed by atoms with E-state index in [1.165, 1.54) is 0 Å². The van der Waals surface area contributed by atoms with E-state index in [9.17, 15) is 0 Å². The van der Waals surface area contributed by atoms with Gasteiger partial charge in [-0.25, -0.2) is 4.98 Å². The Morgan fingerprint density at radius 2 is 1.75 bits per heavy atom. The Morgan fingerprint density at radius 3 is 2.38 bits per heavy atom. The van der Waals surface area contributed by atoms with Gasteiger partial charge in [-0.3, -0.25) is 4.98 Å². The van der Waals surface area contributed by atoms with Crippen LogP contribution in [0.2, 0.25) is 0 Å². The second-order valence-corrected chi connectivity index (χ2v) is 3.33. The molecule has 0 aliphatic rings. The topological polar surface area (TPSA) is 50.5 Å². The molecule has 80 valence electrons. The predicted molar refractivity (Wildman–Crippen MR) is 61.4 cm³/mol. The van der Waals surface area contributed by atoms with Crippen LogP contribution in [0, 0.1) is 0 Å². The van der Waals surface area contributed by atoms with Gasteiger partial charge in [-0.2, -0.15) is 5.11 Å². The third-order valence-corrected chi connectivity index (χ3v) is 2.10. The minimum Gasteiger partial charge on any atom is -0.259 e. The van der Waals surface area contributed by atoms with Crippen LogP contribution in [0.1, 0.15) is 18.7 Å². The van der Waals surface area contributed by atoms with Crippen molar-refractivity contribution in [3.05, 3.63) is 54.5 Å². The molecule has 0 radical (unpaired) electrons. The van der Waals surface area contributed by atoms with Gasteiger partial charge in [0.15, 0.2) is 5.82 Å². The van der Waals surface area contributed by atoms with Crippen LogP contribution in [-0.2, 0) is 0 Å². The summed E-state index contributed by atoms with van der Waals surface area (Å²) in [5, 5.41) is 8.22. The van der Waals surface area contributed by atoms with E-state index in [2.05, 4.69) is 20.2 Å². The van der Waals surface area contributed by atoms with Crippen molar-refractivity contribution in [2.45, 2.75) is 13.0 Å². The molecule has 0 saturated heterocycles. The minimum absolute atomic E-state index is 0.0526. The van der Waals surface area contributed by atoms with Gasteiger partial charge in [0.1, 0.15) is 6.04 Å². The molecular weight excluding hydrogens is 200 g/mol. The molecule has 16 heavy (non-hydrogen) atoms. The van der Waals surface area contributed by atoms with E-state index < -0.39 is 0 Å². The zero-order valence-electron chi connectivity index (χ0n) is 8.99. The van der Waals surface area contributed by atoms with Crippen LogP contribution in [0.3, 0.4) is 0 Å². The summed E-state index contributed by atoms with van der Waals surface area (Å²) in [6.45, 7) is 1.95. The second-order valence-electron chi connectivity index (χ2n) is 3.33. The van der Waals surface area contributed by atoms with E-state index in [-0.39, 0.29) is 6.04 Å². The lowest BCUT2D eigenvalue weighted by Gasteiger charge is -2.02. The quantitative estimate of drug-likeness (QED) is 0.733. The number of hydrogen-bond donors (Lipinski definition) is 0. The largest absolute Gasteiger partial charge is 0.259 e. The molecule has 2 aromatic heterocycles. The fraction of sp³-hybridized carbons (Fsp3) is 0.167. The lowest BCUT2D eigenvalue weighted by Crippen LogP contribution is -1.91. The third kappa shape index (κ3) is 2.70. The number of hydrogen-bond acceptors (Lipinski definition) is 4. The lowest BCUT2D eigenvalue weighted by molar-refractivity contribution is 0.733. The average Bonchev–Trinajstić information content (AvgIpc) is 2.38. The van der Waals surface area contributed by atoms with Crippen molar-refractivity contribution in [1.29, 1.82) is 0 Å². The number of pyridine rings is 2. The van der Waals surface area contributed by atoms with Gasteiger partial charge in [-0.1, -0.05) is 12.1 Å². The normalized spacial score (nSPS) is 12.8. The van der Waals surface area contributed by atoms with E-state index >= 15 is 0 Å². The summed E-state index contributed by atoms with van der Waals surface area (Å²) in [6.07, 6.45) is 3.45. The Labute approximate surface area is 94.1 Å². The first kappa shape index (κ1) is 10.4. The molecule has 4 heteroatoms. The molecule has 2 heterocycles. The van der Waals surface area contributed by atoms with Gasteiger partial charge in [-0.05, 0) is 31.2 Å². The highest BCUT2D eigenvalue weighted by molar-refractivity contribution is 5.24. The molecule has 1 atom stereocenters. The first-order chi connectivity index (χ1) is 7.86. The van der Waals surface area contributed by atoms with E-state index in [1.807, 2.05) is 43.3 Å². The Kier molecular flexibility index (Phi) is 3.33. The van der Waals surface area contributed by atoms with Crippen molar-refractivity contribution >= 4 is 5.82 Å². The maximum absolute atomic E-state index is 4.22. The Morgan fingerprint density at radius 1 is 1.00 bits per heavy atom. The van der Waals surface area contributed by atoms with Crippen LogP contribution < -0.4 is 0 Å². The summed E-state index contributed by atoms with van der Waals surface area (Å²) < 4.78 is 0. The van der Waals surface area contributed by atoms with Gasteiger partial charge in [0.25, 0.3) is 0 Å². The first-order valence-electron chi connectivity index (χ1n) is 5.09. The summed E-state index contributed by atoms with van der Waals surface area (Å²) in [5.41, 5.74) is 0.905. The minimum atomic E-state index is -0.0526. The highest BCUT2D eigenvalue weighted by atomic mass is 15.2. The van der Waals surface area contributed by atoms with Crippen molar-refractivity contribution < 1.29 is 0 Å². The van der Waals surface area contributed by atoms with Crippen molar-refractivity contribution in [3.8, 4) is 0 Å². The van der Waals surface area contributed by atoms with Crippen molar-refractivity contribution in [1.82, 2.24) is 9.97 Å². The summed E-state index contributed by atoms with van der Waals surface area (Å²) in [6, 6.07) is 11.2. The van der Waals surface area contributed by atoms with E-state index in [1.54, 1.807) is 12.4 Å². The van der Waals surface area contributed by atoms with Gasteiger partial charge in [0, 0.05) is 12.4 Å². The predicted octanol–water partition coefficient (Wildman–Crippen LogP) is 3.32. The zero-order valence-corrected chi connectivity index (χ0v) is 8.99. The summed E-state index contributed by atoms with van der Waals surface area (Å²) >= 11 is 0. The molecular formula is C12H12N4. The molecule has 0 spiro atoms. The van der Waals surface area contributed by atoms with Gasteiger partial charge in [0.05, 0.1) is 5.69 Å². The van der Waals surface area contributed by atoms with E-state index in [0.717, 1.165) is 5.69 Å². The van der Waals surface area contributed by atoms with Gasteiger partial charge in [0.2, 0.25) is 0 Å². The maximum Gasteiger partial charge on any atom is 0.173 e. The molecule has 0 aromatic carbocycles. The molecule has 4 nitrogen and oxygen atoms in total. The number of azo groups is 1. The molecule has 0 aliphatic carbocycles.